The fourth-order valence-electron chi connectivity index (χ4n) is 2.80. The van der Waals surface area contributed by atoms with Gasteiger partial charge in [-0.05, 0) is 36.5 Å². The van der Waals surface area contributed by atoms with Crippen molar-refractivity contribution in [3.05, 3.63) is 52.4 Å². The van der Waals surface area contributed by atoms with Gasteiger partial charge in [-0.25, -0.2) is 4.68 Å². The molecule has 3 aromatic rings. The van der Waals surface area contributed by atoms with Crippen LogP contribution in [-0.4, -0.2) is 19.9 Å². The van der Waals surface area contributed by atoms with Crippen molar-refractivity contribution in [2.45, 2.75) is 25.2 Å². The Balaban J connectivity index is 1.82. The fourth-order valence-corrected chi connectivity index (χ4v) is 2.80. The van der Waals surface area contributed by atoms with E-state index in [-0.39, 0.29) is 11.3 Å². The molecule has 0 saturated heterocycles. The van der Waals surface area contributed by atoms with Crippen LogP contribution in [0.5, 0.6) is 5.75 Å². The van der Waals surface area contributed by atoms with E-state index in [0.717, 1.165) is 5.69 Å². The molecule has 0 aliphatic heterocycles. The summed E-state index contributed by atoms with van der Waals surface area (Å²) in [6, 6.07) is 9.45. The normalized spacial score (nSPS) is 15.2. The maximum absolute atomic E-state index is 11.4. The Bertz CT molecular complexity index is 875. The van der Waals surface area contributed by atoms with E-state index in [4.69, 9.17) is 0 Å². The Morgan fingerprint density at radius 3 is 2.90 bits per heavy atom. The standard InChI is InChI=1S/C16H15N3O2/c20-14-8-15(21)17-16-13(14)9-19(18-16)12-6-2-5-11(7-12)10-3-1-4-10/h2,5-10,20H,1,3-4H2,(H,17,18,21). The Morgan fingerprint density at radius 1 is 1.29 bits per heavy atom. The van der Waals surface area contributed by atoms with Crippen LogP contribution in [0.25, 0.3) is 16.7 Å². The van der Waals surface area contributed by atoms with Gasteiger partial charge >= 0.3 is 0 Å². The molecule has 0 radical (unpaired) electrons. The summed E-state index contributed by atoms with van der Waals surface area (Å²) in [5, 5.41) is 14.7. The number of nitrogens with one attached hydrogen (secondary N) is 1. The van der Waals surface area contributed by atoms with Crippen LogP contribution in [-0.2, 0) is 0 Å². The topological polar surface area (TPSA) is 70.9 Å². The predicted molar refractivity (Wildman–Crippen MR) is 79.9 cm³/mol. The molecule has 0 spiro atoms. The quantitative estimate of drug-likeness (QED) is 0.758. The van der Waals surface area contributed by atoms with Crippen LogP contribution in [0, 0.1) is 0 Å². The van der Waals surface area contributed by atoms with Crippen LogP contribution in [0.1, 0.15) is 30.7 Å². The first-order valence-electron chi connectivity index (χ1n) is 7.13. The molecular formula is C16H15N3O2. The minimum atomic E-state index is -0.353. The third-order valence-corrected chi connectivity index (χ3v) is 4.21. The van der Waals surface area contributed by atoms with Gasteiger partial charge in [-0.3, -0.25) is 4.79 Å². The van der Waals surface area contributed by atoms with Crippen LogP contribution in [0.4, 0.5) is 0 Å². The van der Waals surface area contributed by atoms with Gasteiger partial charge in [0, 0.05) is 12.3 Å². The zero-order valence-electron chi connectivity index (χ0n) is 11.4. The highest BCUT2D eigenvalue weighted by atomic mass is 16.3. The van der Waals surface area contributed by atoms with E-state index >= 15 is 0 Å². The Kier molecular flexibility index (Phi) is 2.60. The number of rotatable bonds is 2. The Labute approximate surface area is 120 Å². The summed E-state index contributed by atoms with van der Waals surface area (Å²) in [6.45, 7) is 0. The Morgan fingerprint density at radius 2 is 2.14 bits per heavy atom. The zero-order valence-corrected chi connectivity index (χ0v) is 11.4. The molecule has 5 heteroatoms. The van der Waals surface area contributed by atoms with Gasteiger partial charge in [0.25, 0.3) is 5.56 Å². The highest BCUT2D eigenvalue weighted by Gasteiger charge is 2.19. The van der Waals surface area contributed by atoms with Crippen molar-refractivity contribution in [3.8, 4) is 11.4 Å². The number of hydrogen-bond acceptors (Lipinski definition) is 3. The molecule has 0 unspecified atom stereocenters. The third-order valence-electron chi connectivity index (χ3n) is 4.21. The minimum Gasteiger partial charge on any atom is -0.507 e. The van der Waals surface area contributed by atoms with E-state index in [1.54, 1.807) is 10.9 Å². The largest absolute Gasteiger partial charge is 0.507 e. The lowest BCUT2D eigenvalue weighted by Crippen LogP contribution is -2.09. The van der Waals surface area contributed by atoms with E-state index in [1.807, 2.05) is 12.1 Å². The van der Waals surface area contributed by atoms with Crippen LogP contribution in [0.3, 0.4) is 0 Å². The van der Waals surface area contributed by atoms with Crippen LogP contribution >= 0.6 is 0 Å². The first kappa shape index (κ1) is 12.2. The smallest absolute Gasteiger partial charge is 0.253 e. The maximum Gasteiger partial charge on any atom is 0.253 e. The first-order chi connectivity index (χ1) is 10.2. The second-order valence-electron chi connectivity index (χ2n) is 5.58. The molecule has 1 aliphatic rings. The number of benzene rings is 1. The molecule has 2 aromatic heterocycles. The SMILES string of the molecule is O=c1cc(O)c2cn(-c3cccc(C4CCC4)c3)nc2[nH]1. The molecule has 21 heavy (non-hydrogen) atoms. The molecule has 0 amide bonds. The van der Waals surface area contributed by atoms with Gasteiger partial charge in [-0.2, -0.15) is 0 Å². The fraction of sp³-hybridized carbons (Fsp3) is 0.250. The molecule has 0 bridgehead atoms. The number of aromatic amines is 1. The number of hydrogen-bond donors (Lipinski definition) is 2. The summed E-state index contributed by atoms with van der Waals surface area (Å²) in [6.07, 6.45) is 5.54. The summed E-state index contributed by atoms with van der Waals surface area (Å²) in [7, 11) is 0. The zero-order chi connectivity index (χ0) is 14.4. The summed E-state index contributed by atoms with van der Waals surface area (Å²) in [5.41, 5.74) is 2.31. The number of aromatic nitrogens is 3. The lowest BCUT2D eigenvalue weighted by atomic mass is 9.80. The number of H-pyrrole nitrogens is 1. The average molecular weight is 281 g/mol. The molecule has 0 atom stereocenters. The molecule has 1 aromatic carbocycles. The maximum atomic E-state index is 11.4. The van der Waals surface area contributed by atoms with Crippen molar-refractivity contribution in [2.75, 3.05) is 0 Å². The number of fused-ring (bicyclic) bond motifs is 1. The van der Waals surface area contributed by atoms with Crippen molar-refractivity contribution >= 4 is 11.0 Å². The summed E-state index contributed by atoms with van der Waals surface area (Å²) in [4.78, 5) is 14.0. The van der Waals surface area contributed by atoms with Crippen LogP contribution < -0.4 is 5.56 Å². The summed E-state index contributed by atoms with van der Waals surface area (Å²) >= 11 is 0. The minimum absolute atomic E-state index is 0.0462. The molecular weight excluding hydrogens is 266 g/mol. The molecule has 2 N–H and O–H groups in total. The van der Waals surface area contributed by atoms with Crippen molar-refractivity contribution in [3.63, 3.8) is 0 Å². The van der Waals surface area contributed by atoms with Crippen molar-refractivity contribution < 1.29 is 5.11 Å². The van der Waals surface area contributed by atoms with E-state index in [9.17, 15) is 9.90 Å². The second kappa shape index (κ2) is 4.48. The van der Waals surface area contributed by atoms with E-state index in [0.29, 0.717) is 17.0 Å². The van der Waals surface area contributed by atoms with E-state index < -0.39 is 0 Å². The summed E-state index contributed by atoms with van der Waals surface area (Å²) in [5.74, 6) is 0.610. The summed E-state index contributed by atoms with van der Waals surface area (Å²) < 4.78 is 1.70. The molecule has 1 saturated carbocycles. The number of aromatic hydroxyl groups is 1. The van der Waals surface area contributed by atoms with E-state index in [1.165, 1.54) is 30.9 Å². The van der Waals surface area contributed by atoms with Crippen LogP contribution in [0.15, 0.2) is 41.3 Å². The van der Waals surface area contributed by atoms with Gasteiger partial charge in [0.05, 0.1) is 11.1 Å². The van der Waals surface area contributed by atoms with Crippen molar-refractivity contribution in [1.82, 2.24) is 14.8 Å². The predicted octanol–water partition coefficient (Wildman–Crippen LogP) is 2.69. The van der Waals surface area contributed by atoms with Gasteiger partial charge in [0.1, 0.15) is 5.75 Å². The van der Waals surface area contributed by atoms with Crippen molar-refractivity contribution in [1.29, 1.82) is 0 Å². The van der Waals surface area contributed by atoms with Gasteiger partial charge in [-0.15, -0.1) is 5.10 Å². The second-order valence-corrected chi connectivity index (χ2v) is 5.58. The Hall–Kier alpha value is -2.56. The monoisotopic (exact) mass is 281 g/mol. The lowest BCUT2D eigenvalue weighted by molar-refractivity contribution is 0.419. The lowest BCUT2D eigenvalue weighted by Gasteiger charge is -2.26. The molecule has 2 heterocycles. The molecule has 5 nitrogen and oxygen atoms in total. The number of nitrogens with zero attached hydrogens (tertiary/aromatic N) is 2. The molecule has 4 rings (SSSR count). The van der Waals surface area contributed by atoms with Gasteiger partial charge < -0.3 is 10.1 Å². The number of pyridine rings is 1. The highest BCUT2D eigenvalue weighted by molar-refractivity contribution is 5.81. The average Bonchev–Trinajstić information content (AvgIpc) is 2.81. The molecule has 106 valence electrons. The van der Waals surface area contributed by atoms with Gasteiger partial charge in [0.15, 0.2) is 5.65 Å². The van der Waals surface area contributed by atoms with E-state index in [2.05, 4.69) is 22.2 Å². The molecule has 1 aliphatic carbocycles. The third kappa shape index (κ3) is 2.01. The highest BCUT2D eigenvalue weighted by Crippen LogP contribution is 2.36. The van der Waals surface area contributed by atoms with Gasteiger partial charge in [-0.1, -0.05) is 18.6 Å². The van der Waals surface area contributed by atoms with Gasteiger partial charge in [0.2, 0.25) is 0 Å². The molecule has 1 fully saturated rings. The van der Waals surface area contributed by atoms with Crippen LogP contribution in [0.2, 0.25) is 0 Å². The first-order valence-corrected chi connectivity index (χ1v) is 7.13. The van der Waals surface area contributed by atoms with Crippen molar-refractivity contribution in [2.24, 2.45) is 0 Å².